The third-order valence-corrected chi connectivity index (χ3v) is 1.91. The van der Waals surface area contributed by atoms with Gasteiger partial charge in [-0.1, -0.05) is 6.07 Å². The van der Waals surface area contributed by atoms with Crippen LogP contribution in [-0.2, 0) is 4.84 Å². The number of nitrogens with zero attached hydrogens (tertiary/aromatic N) is 1. The first kappa shape index (κ1) is 10.2. The lowest BCUT2D eigenvalue weighted by atomic mass is 10.1. The fraction of sp³-hybridized carbons (Fsp3) is 0.375. The van der Waals surface area contributed by atoms with Gasteiger partial charge in [-0.2, -0.15) is 5.48 Å². The lowest BCUT2D eigenvalue weighted by molar-refractivity contribution is 0.0882. The Labute approximate surface area is 82.3 Å². The molecule has 0 aromatic carbocycles. The first-order valence-corrected chi connectivity index (χ1v) is 3.88. The number of hydrogen-bond donors (Lipinski definition) is 2. The molecule has 0 radical (unpaired) electrons. The Bertz CT molecular complexity index is 259. The van der Waals surface area contributed by atoms with Gasteiger partial charge in [0.05, 0.1) is 12.6 Å². The van der Waals surface area contributed by atoms with Gasteiger partial charge < -0.3 is 9.94 Å². The summed E-state index contributed by atoms with van der Waals surface area (Å²) in [7, 11) is 0. The maximum absolute atomic E-state index is 8.94. The van der Waals surface area contributed by atoms with E-state index < -0.39 is 0 Å². The van der Waals surface area contributed by atoms with E-state index in [1.165, 1.54) is 0 Å². The molecule has 1 aromatic heterocycles. The van der Waals surface area contributed by atoms with Crippen LogP contribution < -0.4 is 5.48 Å². The summed E-state index contributed by atoms with van der Waals surface area (Å²) >= 11 is 0. The highest BCUT2D eigenvalue weighted by molar-refractivity contribution is 5.85. The molecule has 5 heteroatoms. The summed E-state index contributed by atoms with van der Waals surface area (Å²) in [6.45, 7) is 0.728. The van der Waals surface area contributed by atoms with E-state index in [1.807, 2.05) is 6.07 Å². The van der Waals surface area contributed by atoms with E-state index in [-0.39, 0.29) is 24.3 Å². The first-order valence-electron chi connectivity index (χ1n) is 3.88. The number of halogens is 1. The molecular weight excluding hydrogens is 192 g/mol. The van der Waals surface area contributed by atoms with Crippen LogP contribution in [0.2, 0.25) is 0 Å². The van der Waals surface area contributed by atoms with Gasteiger partial charge in [0, 0.05) is 12.3 Å². The van der Waals surface area contributed by atoms with Crippen LogP contribution in [-0.4, -0.2) is 16.7 Å². The number of hydrogen-bond acceptors (Lipinski definition) is 4. The van der Waals surface area contributed by atoms with Crippen molar-refractivity contribution >= 4 is 12.4 Å². The molecule has 0 aliphatic carbocycles. The third-order valence-electron chi connectivity index (χ3n) is 1.91. The smallest absolute Gasteiger partial charge is 0.210 e. The van der Waals surface area contributed by atoms with Crippen molar-refractivity contribution in [3.05, 3.63) is 23.9 Å². The zero-order chi connectivity index (χ0) is 8.39. The summed E-state index contributed by atoms with van der Waals surface area (Å²) in [6.07, 6.45) is 2.61. The molecule has 0 bridgehead atoms. The summed E-state index contributed by atoms with van der Waals surface area (Å²) in [5.41, 5.74) is 3.92. The first-order chi connectivity index (χ1) is 5.86. The van der Waals surface area contributed by atoms with E-state index in [2.05, 4.69) is 10.5 Å². The highest BCUT2D eigenvalue weighted by atomic mass is 35.5. The van der Waals surface area contributed by atoms with Crippen LogP contribution in [0.4, 0.5) is 0 Å². The van der Waals surface area contributed by atoms with Crippen LogP contribution in [0.3, 0.4) is 0 Å². The van der Waals surface area contributed by atoms with Gasteiger partial charge in [0.2, 0.25) is 5.88 Å². The van der Waals surface area contributed by atoms with Gasteiger partial charge in [-0.05, 0) is 12.0 Å². The van der Waals surface area contributed by atoms with Crippen molar-refractivity contribution in [2.24, 2.45) is 0 Å². The van der Waals surface area contributed by atoms with Crippen molar-refractivity contribution < 1.29 is 9.94 Å². The normalized spacial score (nSPS) is 21.1. The van der Waals surface area contributed by atoms with Gasteiger partial charge in [-0.15, -0.1) is 12.4 Å². The summed E-state index contributed by atoms with van der Waals surface area (Å²) in [5, 5.41) is 8.94. The molecule has 2 N–H and O–H groups in total. The molecule has 2 heterocycles. The van der Waals surface area contributed by atoms with Crippen LogP contribution in [0.15, 0.2) is 18.3 Å². The number of pyridine rings is 1. The number of hydroxylamine groups is 1. The Hall–Kier alpha value is -0.840. The molecule has 72 valence electrons. The Kier molecular flexibility index (Phi) is 3.48. The SMILES string of the molecule is Cl.Oc1ccc(C2CCON2)cn1. The van der Waals surface area contributed by atoms with E-state index in [4.69, 9.17) is 9.94 Å². The van der Waals surface area contributed by atoms with E-state index in [9.17, 15) is 0 Å². The van der Waals surface area contributed by atoms with Crippen molar-refractivity contribution in [3.8, 4) is 5.88 Å². The van der Waals surface area contributed by atoms with Crippen molar-refractivity contribution in [1.29, 1.82) is 0 Å². The number of nitrogens with one attached hydrogen (secondary N) is 1. The minimum absolute atomic E-state index is 0. The van der Waals surface area contributed by atoms with E-state index in [0.29, 0.717) is 0 Å². The topological polar surface area (TPSA) is 54.4 Å². The zero-order valence-corrected chi connectivity index (χ0v) is 7.75. The number of rotatable bonds is 1. The quantitative estimate of drug-likeness (QED) is 0.718. The van der Waals surface area contributed by atoms with Crippen molar-refractivity contribution in [1.82, 2.24) is 10.5 Å². The Morgan fingerprint density at radius 2 is 2.38 bits per heavy atom. The van der Waals surface area contributed by atoms with Crippen molar-refractivity contribution in [3.63, 3.8) is 0 Å². The molecule has 13 heavy (non-hydrogen) atoms. The summed E-state index contributed by atoms with van der Waals surface area (Å²) < 4.78 is 0. The van der Waals surface area contributed by atoms with Gasteiger partial charge in [0.1, 0.15) is 0 Å². The van der Waals surface area contributed by atoms with Gasteiger partial charge in [-0.25, -0.2) is 4.98 Å². The predicted octanol–water partition coefficient (Wildman–Crippen LogP) is 1.17. The van der Waals surface area contributed by atoms with E-state index >= 15 is 0 Å². The molecule has 2 rings (SSSR count). The van der Waals surface area contributed by atoms with Crippen LogP contribution in [0.5, 0.6) is 5.88 Å². The largest absolute Gasteiger partial charge is 0.493 e. The maximum atomic E-state index is 8.94. The molecule has 0 amide bonds. The fourth-order valence-corrected chi connectivity index (χ4v) is 1.23. The van der Waals surface area contributed by atoms with Gasteiger partial charge in [0.15, 0.2) is 0 Å². The van der Waals surface area contributed by atoms with E-state index in [0.717, 1.165) is 18.6 Å². The second-order valence-electron chi connectivity index (χ2n) is 2.76. The molecule has 1 saturated heterocycles. The van der Waals surface area contributed by atoms with Crippen LogP contribution in [0.25, 0.3) is 0 Å². The minimum atomic E-state index is 0. The molecule has 1 aromatic rings. The Morgan fingerprint density at radius 1 is 1.54 bits per heavy atom. The summed E-state index contributed by atoms with van der Waals surface area (Å²) in [4.78, 5) is 8.79. The molecule has 0 spiro atoms. The standard InChI is InChI=1S/C8H10N2O2.ClH/c11-8-2-1-6(5-9-8)7-3-4-12-10-7;/h1-2,5,7,10H,3-4H2,(H,9,11);1H. The Morgan fingerprint density at radius 3 is 2.92 bits per heavy atom. The van der Waals surface area contributed by atoms with Crippen LogP contribution >= 0.6 is 12.4 Å². The second kappa shape index (κ2) is 4.41. The number of aromatic hydroxyl groups is 1. The molecule has 1 aliphatic heterocycles. The summed E-state index contributed by atoms with van der Waals surface area (Å²) in [5.74, 6) is 0.0534. The molecule has 1 aliphatic rings. The van der Waals surface area contributed by atoms with Crippen LogP contribution in [0, 0.1) is 0 Å². The average Bonchev–Trinajstić information content (AvgIpc) is 2.58. The average molecular weight is 203 g/mol. The number of aromatic nitrogens is 1. The molecule has 1 atom stereocenters. The van der Waals surface area contributed by atoms with Gasteiger partial charge >= 0.3 is 0 Å². The summed E-state index contributed by atoms with van der Waals surface area (Å²) in [6, 6.07) is 3.64. The van der Waals surface area contributed by atoms with Gasteiger partial charge in [0.25, 0.3) is 0 Å². The minimum Gasteiger partial charge on any atom is -0.493 e. The maximum Gasteiger partial charge on any atom is 0.210 e. The lowest BCUT2D eigenvalue weighted by Crippen LogP contribution is -2.11. The van der Waals surface area contributed by atoms with E-state index in [1.54, 1.807) is 12.3 Å². The Balaban J connectivity index is 0.000000845. The molecule has 1 fully saturated rings. The molecule has 0 saturated carbocycles. The van der Waals surface area contributed by atoms with Crippen LogP contribution in [0.1, 0.15) is 18.0 Å². The van der Waals surface area contributed by atoms with Gasteiger partial charge in [-0.3, -0.25) is 0 Å². The molecular formula is C8H11ClN2O2. The zero-order valence-electron chi connectivity index (χ0n) is 6.93. The predicted molar refractivity (Wildman–Crippen MR) is 49.6 cm³/mol. The third kappa shape index (κ3) is 2.30. The second-order valence-corrected chi connectivity index (χ2v) is 2.76. The molecule has 4 nitrogen and oxygen atoms in total. The van der Waals surface area contributed by atoms with Crippen molar-refractivity contribution in [2.45, 2.75) is 12.5 Å². The van der Waals surface area contributed by atoms with Crippen molar-refractivity contribution in [2.75, 3.05) is 6.61 Å². The lowest BCUT2D eigenvalue weighted by Gasteiger charge is -2.06. The fourth-order valence-electron chi connectivity index (χ4n) is 1.23. The highest BCUT2D eigenvalue weighted by Gasteiger charge is 2.16. The highest BCUT2D eigenvalue weighted by Crippen LogP contribution is 2.20. The monoisotopic (exact) mass is 202 g/mol. The molecule has 1 unspecified atom stereocenters.